The van der Waals surface area contributed by atoms with Crippen LogP contribution >= 0.6 is 0 Å². The molecule has 1 aliphatic heterocycles. The number of azo groups is 2. The fourth-order valence-corrected chi connectivity index (χ4v) is 4.70. The van der Waals surface area contributed by atoms with Crippen LogP contribution in [0.25, 0.3) is 0 Å². The monoisotopic (exact) mass is 330 g/mol. The first-order valence-electron chi connectivity index (χ1n) is 9.08. The molecular weight excluding hydrogens is 302 g/mol. The van der Waals surface area contributed by atoms with E-state index in [0.717, 1.165) is 24.9 Å². The lowest BCUT2D eigenvalue weighted by atomic mass is 9.70. The van der Waals surface area contributed by atoms with Crippen molar-refractivity contribution in [1.29, 1.82) is 0 Å². The number of nitrogens with zero attached hydrogens (tertiary/aromatic N) is 3. The van der Waals surface area contributed by atoms with Gasteiger partial charge in [-0.25, -0.2) is 0 Å². The molecule has 0 bridgehead atoms. The van der Waals surface area contributed by atoms with Crippen LogP contribution in [-0.4, -0.2) is 20.7 Å². The summed E-state index contributed by atoms with van der Waals surface area (Å²) in [6, 6.07) is 6.91. The summed E-state index contributed by atoms with van der Waals surface area (Å²) in [5, 5.41) is 16.2. The van der Waals surface area contributed by atoms with Crippen LogP contribution in [-0.2, 0) is 0 Å². The van der Waals surface area contributed by atoms with Gasteiger partial charge < -0.3 is 0 Å². The minimum absolute atomic E-state index is 0.0495. The first kappa shape index (κ1) is 17.1. The Morgan fingerprint density at radius 3 is 2.08 bits per heavy atom. The molecule has 1 aromatic carbocycles. The summed E-state index contributed by atoms with van der Waals surface area (Å²) in [5.41, 5.74) is 1.17. The van der Waals surface area contributed by atoms with Gasteiger partial charge in [0.1, 0.15) is 5.54 Å². The lowest BCUT2D eigenvalue weighted by molar-refractivity contribution is -0.581. The largest absolute Gasteiger partial charge is 0.269 e. The molecule has 0 amide bonds. The summed E-state index contributed by atoms with van der Waals surface area (Å²) >= 11 is 0. The van der Waals surface area contributed by atoms with Gasteiger partial charge in [-0.2, -0.15) is 0 Å². The topological polar surface area (TPSA) is 58.5 Å². The Balaban J connectivity index is 2.08. The molecule has 3 rings (SSSR count). The van der Waals surface area contributed by atoms with E-state index in [9.17, 15) is 10.1 Å². The molecule has 1 aliphatic carbocycles. The highest BCUT2D eigenvalue weighted by atomic mass is 16.6. The molecule has 5 heteroatoms. The van der Waals surface area contributed by atoms with Crippen LogP contribution in [0, 0.1) is 22.0 Å². The average Bonchev–Trinajstić information content (AvgIpc) is 3.14. The molecule has 24 heavy (non-hydrogen) atoms. The number of nitro benzene ring substituents is 1. The van der Waals surface area contributed by atoms with Gasteiger partial charge in [-0.15, -0.1) is 0 Å². The molecule has 1 saturated carbocycles. The van der Waals surface area contributed by atoms with Crippen LogP contribution < -0.4 is 0 Å². The smallest absolute Gasteiger partial charge is 0.258 e. The highest BCUT2D eigenvalue weighted by molar-refractivity contribution is 5.40. The minimum atomic E-state index is -0.344. The Kier molecular flexibility index (Phi) is 4.22. The van der Waals surface area contributed by atoms with E-state index >= 15 is 0 Å². The van der Waals surface area contributed by atoms with Crippen LogP contribution in [0.4, 0.5) is 11.4 Å². The van der Waals surface area contributed by atoms with E-state index in [-0.39, 0.29) is 21.7 Å². The van der Waals surface area contributed by atoms with E-state index in [1.165, 1.54) is 12.8 Å². The van der Waals surface area contributed by atoms with Crippen LogP contribution in [0.3, 0.4) is 0 Å². The van der Waals surface area contributed by atoms with Crippen molar-refractivity contribution in [1.82, 2.24) is 0 Å². The first-order chi connectivity index (χ1) is 11.3. The van der Waals surface area contributed by atoms with Gasteiger partial charge in [0.05, 0.1) is 4.92 Å². The molecule has 0 radical (unpaired) electrons. The van der Waals surface area contributed by atoms with Gasteiger partial charge in [-0.05, 0) is 29.8 Å². The molecular formula is C19H28N3O2+. The second kappa shape index (κ2) is 5.94. The lowest BCUT2D eigenvalue weighted by Gasteiger charge is -2.31. The Bertz CT molecular complexity index is 648. The van der Waals surface area contributed by atoms with Crippen molar-refractivity contribution in [2.75, 3.05) is 0 Å². The molecule has 1 spiro atoms. The van der Waals surface area contributed by atoms with Crippen molar-refractivity contribution in [3.63, 3.8) is 0 Å². The molecule has 1 heterocycles. The zero-order chi connectivity index (χ0) is 17.5. The molecule has 5 nitrogen and oxygen atoms in total. The molecule has 0 saturated heterocycles. The fourth-order valence-electron chi connectivity index (χ4n) is 4.70. The molecule has 1 aromatic rings. The van der Waals surface area contributed by atoms with Gasteiger partial charge in [0.2, 0.25) is 5.69 Å². The molecule has 0 aromatic heterocycles. The van der Waals surface area contributed by atoms with Gasteiger partial charge in [0.25, 0.3) is 5.69 Å². The van der Waals surface area contributed by atoms with Crippen molar-refractivity contribution < 1.29 is 9.62 Å². The Morgan fingerprint density at radius 2 is 1.62 bits per heavy atom. The zero-order valence-electron chi connectivity index (χ0n) is 15.2. The van der Waals surface area contributed by atoms with E-state index in [0.29, 0.717) is 11.8 Å². The van der Waals surface area contributed by atoms with E-state index in [1.54, 1.807) is 12.1 Å². The van der Waals surface area contributed by atoms with Gasteiger partial charge in [-0.3, -0.25) is 10.1 Å². The minimum Gasteiger partial charge on any atom is -0.258 e. The number of hydrogen-bond donors (Lipinski definition) is 0. The van der Waals surface area contributed by atoms with Crippen molar-refractivity contribution in [2.45, 2.75) is 70.9 Å². The molecule has 2 aliphatic rings. The number of hydrogen-bond acceptors (Lipinski definition) is 3. The van der Waals surface area contributed by atoms with Crippen molar-refractivity contribution in [3.05, 3.63) is 34.4 Å². The van der Waals surface area contributed by atoms with E-state index in [4.69, 9.17) is 5.11 Å². The third kappa shape index (κ3) is 2.54. The quantitative estimate of drug-likeness (QED) is 0.418. The van der Waals surface area contributed by atoms with Gasteiger partial charge in [0.15, 0.2) is 5.54 Å². The zero-order valence-corrected chi connectivity index (χ0v) is 15.2. The summed E-state index contributed by atoms with van der Waals surface area (Å²) in [6.07, 6.45) is 5.90. The van der Waals surface area contributed by atoms with Crippen LogP contribution in [0.5, 0.6) is 0 Å². The molecule has 0 N–H and O–H groups in total. The number of rotatable bonds is 4. The third-order valence-corrected chi connectivity index (χ3v) is 6.19. The van der Waals surface area contributed by atoms with Gasteiger partial charge in [0, 0.05) is 43.5 Å². The number of benzene rings is 1. The van der Waals surface area contributed by atoms with E-state index in [2.05, 4.69) is 32.4 Å². The highest BCUT2D eigenvalue weighted by Gasteiger charge is 2.61. The standard InChI is InChI=1S/C19H28N3O2/c1-14(2)19(15(3)4)13-18(11-5-6-12-18)21(20-19)16-7-9-17(10-8-16)22(23)24/h7-10,14-15H,5-6,11-13H2,1-4H3/q+1. The molecule has 1 fully saturated rings. The Hall–Kier alpha value is -1.78. The highest BCUT2D eigenvalue weighted by Crippen LogP contribution is 2.53. The lowest BCUT2D eigenvalue weighted by Crippen LogP contribution is -2.42. The van der Waals surface area contributed by atoms with E-state index in [1.807, 2.05) is 12.1 Å². The van der Waals surface area contributed by atoms with Gasteiger partial charge >= 0.3 is 0 Å². The normalized spacial score (nSPS) is 21.7. The second-order valence-electron chi connectivity index (χ2n) is 8.09. The van der Waals surface area contributed by atoms with Crippen LogP contribution in [0.2, 0.25) is 0 Å². The maximum Gasteiger partial charge on any atom is 0.269 e. The van der Waals surface area contributed by atoms with Crippen molar-refractivity contribution in [2.24, 2.45) is 17.0 Å². The predicted molar refractivity (Wildman–Crippen MR) is 93.7 cm³/mol. The molecule has 130 valence electrons. The molecule has 0 unspecified atom stereocenters. The second-order valence-corrected chi connectivity index (χ2v) is 8.09. The summed E-state index contributed by atoms with van der Waals surface area (Å²) in [5.74, 6) is 0.941. The van der Waals surface area contributed by atoms with Crippen molar-refractivity contribution >= 4 is 11.4 Å². The summed E-state index contributed by atoms with van der Waals surface area (Å²) in [4.78, 5) is 10.6. The molecule has 0 atom stereocenters. The van der Waals surface area contributed by atoms with Crippen LogP contribution in [0.15, 0.2) is 29.4 Å². The van der Waals surface area contributed by atoms with Crippen LogP contribution in [0.1, 0.15) is 59.8 Å². The predicted octanol–water partition coefficient (Wildman–Crippen LogP) is 5.46. The number of nitro groups is 1. The average molecular weight is 330 g/mol. The Labute approximate surface area is 143 Å². The van der Waals surface area contributed by atoms with Crippen molar-refractivity contribution in [3.8, 4) is 0 Å². The summed E-state index contributed by atoms with van der Waals surface area (Å²) < 4.78 is 2.23. The summed E-state index contributed by atoms with van der Waals surface area (Å²) in [7, 11) is 0. The SMILES string of the molecule is CC(C)C1(C(C)C)CC2(CCCC2)[N+](c2ccc([N+](=O)[O-])cc2)=N1. The Morgan fingerprint density at radius 1 is 1.08 bits per heavy atom. The fraction of sp³-hybridized carbons (Fsp3) is 0.684. The van der Waals surface area contributed by atoms with Gasteiger partial charge in [-0.1, -0.05) is 32.4 Å². The number of non-ortho nitro benzene ring substituents is 1. The maximum atomic E-state index is 10.9. The summed E-state index contributed by atoms with van der Waals surface area (Å²) in [6.45, 7) is 9.08. The first-order valence-corrected chi connectivity index (χ1v) is 9.08. The maximum absolute atomic E-state index is 10.9. The third-order valence-electron chi connectivity index (χ3n) is 6.19. The van der Waals surface area contributed by atoms with E-state index < -0.39 is 0 Å².